The molecule has 1 aliphatic rings. The number of aliphatic hydroxyl groups is 2. The molecule has 3 heteroatoms. The molecule has 0 spiro atoms. The summed E-state index contributed by atoms with van der Waals surface area (Å²) < 4.78 is 5.47. The third kappa shape index (κ3) is 2.66. The first-order valence-corrected chi connectivity index (χ1v) is 5.03. The molecule has 3 atom stereocenters. The van der Waals surface area contributed by atoms with Gasteiger partial charge in [-0.3, -0.25) is 0 Å². The summed E-state index contributed by atoms with van der Waals surface area (Å²) in [5.74, 6) is 0.160. The molecular formula is C10H20O3. The van der Waals surface area contributed by atoms with Crippen molar-refractivity contribution >= 4 is 0 Å². The molecule has 1 saturated carbocycles. The monoisotopic (exact) mass is 188 g/mol. The minimum atomic E-state index is -0.599. The van der Waals surface area contributed by atoms with E-state index < -0.39 is 5.60 Å². The van der Waals surface area contributed by atoms with Gasteiger partial charge in [0.05, 0.1) is 24.9 Å². The van der Waals surface area contributed by atoms with Crippen molar-refractivity contribution in [2.75, 3.05) is 13.2 Å². The molecule has 3 unspecified atom stereocenters. The highest BCUT2D eigenvalue weighted by Crippen LogP contribution is 2.34. The zero-order valence-electron chi connectivity index (χ0n) is 8.49. The first kappa shape index (κ1) is 11.0. The fraction of sp³-hybridized carbons (Fsp3) is 1.00. The lowest BCUT2D eigenvalue weighted by molar-refractivity contribution is -0.113. The van der Waals surface area contributed by atoms with Crippen molar-refractivity contribution in [3.05, 3.63) is 0 Å². The average Bonchev–Trinajstić information content (AvgIpc) is 2.08. The summed E-state index contributed by atoms with van der Waals surface area (Å²) >= 11 is 0. The Kier molecular flexibility index (Phi) is 3.71. The standard InChI is InChI=1S/C10H20O3/c1-8-9(13-7-6-11)4-3-5-10(8,2)12/h8-9,11-12H,3-7H2,1-2H3. The Morgan fingerprint density at radius 1 is 1.54 bits per heavy atom. The maximum absolute atomic E-state index is 9.97. The van der Waals surface area contributed by atoms with Gasteiger partial charge in [-0.25, -0.2) is 0 Å². The first-order valence-electron chi connectivity index (χ1n) is 5.03. The van der Waals surface area contributed by atoms with Gasteiger partial charge < -0.3 is 14.9 Å². The maximum Gasteiger partial charge on any atom is 0.0701 e. The van der Waals surface area contributed by atoms with Crippen molar-refractivity contribution in [1.29, 1.82) is 0 Å². The van der Waals surface area contributed by atoms with E-state index >= 15 is 0 Å². The Balaban J connectivity index is 2.45. The Labute approximate surface area is 79.7 Å². The van der Waals surface area contributed by atoms with E-state index in [1.54, 1.807) is 0 Å². The molecule has 0 aromatic rings. The highest BCUT2D eigenvalue weighted by molar-refractivity contribution is 4.89. The van der Waals surface area contributed by atoms with Gasteiger partial charge in [0.15, 0.2) is 0 Å². The van der Waals surface area contributed by atoms with E-state index in [9.17, 15) is 5.11 Å². The third-order valence-electron chi connectivity index (χ3n) is 3.13. The van der Waals surface area contributed by atoms with Crippen LogP contribution in [0.15, 0.2) is 0 Å². The fourth-order valence-corrected chi connectivity index (χ4v) is 1.97. The van der Waals surface area contributed by atoms with Crippen molar-refractivity contribution in [3.63, 3.8) is 0 Å². The van der Waals surface area contributed by atoms with Gasteiger partial charge in [0, 0.05) is 5.92 Å². The summed E-state index contributed by atoms with van der Waals surface area (Å²) in [5.41, 5.74) is -0.599. The third-order valence-corrected chi connectivity index (χ3v) is 3.13. The van der Waals surface area contributed by atoms with Gasteiger partial charge in [0.25, 0.3) is 0 Å². The number of hydrogen-bond donors (Lipinski definition) is 2. The molecule has 1 aliphatic carbocycles. The molecule has 0 saturated heterocycles. The second-order valence-corrected chi connectivity index (χ2v) is 4.17. The summed E-state index contributed by atoms with van der Waals surface area (Å²) in [5, 5.41) is 18.6. The molecule has 1 rings (SSSR count). The van der Waals surface area contributed by atoms with Crippen LogP contribution in [-0.4, -0.2) is 35.1 Å². The molecule has 0 amide bonds. The first-order chi connectivity index (χ1) is 6.08. The van der Waals surface area contributed by atoms with Crippen LogP contribution in [0.3, 0.4) is 0 Å². The zero-order valence-corrected chi connectivity index (χ0v) is 8.49. The Morgan fingerprint density at radius 2 is 2.23 bits per heavy atom. The van der Waals surface area contributed by atoms with Crippen molar-refractivity contribution in [1.82, 2.24) is 0 Å². The highest BCUT2D eigenvalue weighted by atomic mass is 16.5. The van der Waals surface area contributed by atoms with Gasteiger partial charge in [-0.2, -0.15) is 0 Å². The maximum atomic E-state index is 9.97. The quantitative estimate of drug-likeness (QED) is 0.693. The minimum Gasteiger partial charge on any atom is -0.394 e. The van der Waals surface area contributed by atoms with Crippen LogP contribution in [-0.2, 0) is 4.74 Å². The topological polar surface area (TPSA) is 49.7 Å². The Hall–Kier alpha value is -0.120. The smallest absolute Gasteiger partial charge is 0.0701 e. The van der Waals surface area contributed by atoms with E-state index in [4.69, 9.17) is 9.84 Å². The second kappa shape index (κ2) is 4.40. The molecule has 0 heterocycles. The van der Waals surface area contributed by atoms with Gasteiger partial charge in [0.1, 0.15) is 0 Å². The Bertz CT molecular complexity index is 156. The molecule has 0 aromatic carbocycles. The van der Waals surface area contributed by atoms with E-state index in [1.165, 1.54) is 0 Å². The lowest BCUT2D eigenvalue weighted by Gasteiger charge is -2.40. The molecule has 0 radical (unpaired) electrons. The van der Waals surface area contributed by atoms with E-state index in [-0.39, 0.29) is 18.6 Å². The molecule has 2 N–H and O–H groups in total. The van der Waals surface area contributed by atoms with E-state index in [2.05, 4.69) is 0 Å². The molecule has 1 fully saturated rings. The fourth-order valence-electron chi connectivity index (χ4n) is 1.97. The van der Waals surface area contributed by atoms with Crippen LogP contribution < -0.4 is 0 Å². The van der Waals surface area contributed by atoms with E-state index in [0.29, 0.717) is 6.61 Å². The molecule has 3 nitrogen and oxygen atoms in total. The van der Waals surface area contributed by atoms with E-state index in [0.717, 1.165) is 19.3 Å². The lowest BCUT2D eigenvalue weighted by Crippen LogP contribution is -2.45. The molecule has 78 valence electrons. The average molecular weight is 188 g/mol. The van der Waals surface area contributed by atoms with Crippen molar-refractivity contribution in [2.24, 2.45) is 5.92 Å². The SMILES string of the molecule is CC1C(OCCO)CCCC1(C)O. The van der Waals surface area contributed by atoms with Crippen LogP contribution >= 0.6 is 0 Å². The minimum absolute atomic E-state index is 0.0609. The lowest BCUT2D eigenvalue weighted by atomic mass is 9.76. The summed E-state index contributed by atoms with van der Waals surface area (Å²) in [7, 11) is 0. The summed E-state index contributed by atoms with van der Waals surface area (Å²) in [6.07, 6.45) is 2.97. The summed E-state index contributed by atoms with van der Waals surface area (Å²) in [4.78, 5) is 0. The molecular weight excluding hydrogens is 168 g/mol. The second-order valence-electron chi connectivity index (χ2n) is 4.17. The van der Waals surface area contributed by atoms with Crippen molar-refractivity contribution in [3.8, 4) is 0 Å². The van der Waals surface area contributed by atoms with Gasteiger partial charge in [0.2, 0.25) is 0 Å². The van der Waals surface area contributed by atoms with Crippen LogP contribution in [0, 0.1) is 5.92 Å². The van der Waals surface area contributed by atoms with Gasteiger partial charge in [-0.05, 0) is 26.2 Å². The summed E-state index contributed by atoms with van der Waals surface area (Å²) in [6.45, 7) is 4.32. The molecule has 13 heavy (non-hydrogen) atoms. The van der Waals surface area contributed by atoms with Gasteiger partial charge >= 0.3 is 0 Å². The van der Waals surface area contributed by atoms with Gasteiger partial charge in [-0.15, -0.1) is 0 Å². The van der Waals surface area contributed by atoms with Crippen molar-refractivity contribution < 1.29 is 14.9 Å². The molecule has 0 bridgehead atoms. The van der Waals surface area contributed by atoms with Crippen molar-refractivity contribution in [2.45, 2.75) is 44.8 Å². The zero-order chi connectivity index (χ0) is 9.90. The number of hydrogen-bond acceptors (Lipinski definition) is 3. The largest absolute Gasteiger partial charge is 0.394 e. The molecule has 0 aromatic heterocycles. The molecule has 0 aliphatic heterocycles. The van der Waals surface area contributed by atoms with Crippen LogP contribution in [0.25, 0.3) is 0 Å². The van der Waals surface area contributed by atoms with E-state index in [1.807, 2.05) is 13.8 Å². The van der Waals surface area contributed by atoms with Crippen LogP contribution in [0.5, 0.6) is 0 Å². The predicted octanol–water partition coefficient (Wildman–Crippen LogP) is 0.935. The number of rotatable bonds is 3. The number of aliphatic hydroxyl groups excluding tert-OH is 1. The van der Waals surface area contributed by atoms with Crippen LogP contribution in [0.2, 0.25) is 0 Å². The van der Waals surface area contributed by atoms with Gasteiger partial charge in [-0.1, -0.05) is 6.92 Å². The number of ether oxygens (including phenoxy) is 1. The Morgan fingerprint density at radius 3 is 2.85 bits per heavy atom. The highest BCUT2D eigenvalue weighted by Gasteiger charge is 2.38. The van der Waals surface area contributed by atoms with Crippen LogP contribution in [0.4, 0.5) is 0 Å². The predicted molar refractivity (Wildman–Crippen MR) is 50.5 cm³/mol. The normalized spacial score (nSPS) is 40.6. The van der Waals surface area contributed by atoms with Crippen LogP contribution in [0.1, 0.15) is 33.1 Å². The summed E-state index contributed by atoms with van der Waals surface area (Å²) in [6, 6.07) is 0.